The van der Waals surface area contributed by atoms with Crippen LogP contribution in [0.25, 0.3) is 10.9 Å². The van der Waals surface area contributed by atoms with Crippen LogP contribution in [0.2, 0.25) is 0 Å². The van der Waals surface area contributed by atoms with Crippen molar-refractivity contribution >= 4 is 22.2 Å². The van der Waals surface area contributed by atoms with Gasteiger partial charge in [-0.2, -0.15) is 5.10 Å². The molecule has 2 aliphatic rings. The van der Waals surface area contributed by atoms with E-state index in [0.29, 0.717) is 5.41 Å². The van der Waals surface area contributed by atoms with Gasteiger partial charge in [-0.3, -0.25) is 9.58 Å². The number of hydrogen-bond donors (Lipinski definition) is 0. The zero-order valence-electron chi connectivity index (χ0n) is 14.6. The second-order valence-corrected chi connectivity index (χ2v) is 8.46. The summed E-state index contributed by atoms with van der Waals surface area (Å²) in [5, 5.41) is 8.43. The third-order valence-electron chi connectivity index (χ3n) is 5.67. The summed E-state index contributed by atoms with van der Waals surface area (Å²) in [6, 6.07) is 6.68. The molecule has 0 bridgehead atoms. The van der Waals surface area contributed by atoms with Crippen molar-refractivity contribution in [1.82, 2.24) is 19.7 Å². The number of fused-ring (bicyclic) bond motifs is 2. The van der Waals surface area contributed by atoms with Crippen LogP contribution in [-0.4, -0.2) is 39.4 Å². The first-order valence-electron chi connectivity index (χ1n) is 8.79. The number of hydrogen-bond acceptors (Lipinski definition) is 5. The van der Waals surface area contributed by atoms with Gasteiger partial charge in [0.2, 0.25) is 0 Å². The largest absolute Gasteiger partial charge is 0.469 e. The number of aryl methyl sites for hydroxylation is 2. The van der Waals surface area contributed by atoms with E-state index in [1.807, 2.05) is 30.2 Å². The molecule has 130 valence electrons. The minimum absolute atomic E-state index is 0.359. The highest BCUT2D eigenvalue weighted by atomic mass is 32.1. The molecular formula is C19H22N4OS. The van der Waals surface area contributed by atoms with Gasteiger partial charge in [0.15, 0.2) is 0 Å². The first-order chi connectivity index (χ1) is 12.1. The molecule has 0 spiro atoms. The minimum Gasteiger partial charge on any atom is -0.469 e. The molecule has 1 saturated heterocycles. The van der Waals surface area contributed by atoms with Crippen molar-refractivity contribution in [2.24, 2.45) is 18.4 Å². The summed E-state index contributed by atoms with van der Waals surface area (Å²) in [5.41, 5.74) is 3.96. The van der Waals surface area contributed by atoms with Gasteiger partial charge in [-0.25, -0.2) is 4.98 Å². The van der Waals surface area contributed by atoms with Gasteiger partial charge in [0.05, 0.1) is 24.0 Å². The number of piperidine rings is 1. The molecule has 2 aromatic heterocycles. The van der Waals surface area contributed by atoms with Gasteiger partial charge < -0.3 is 4.74 Å². The molecular weight excluding hydrogens is 332 g/mol. The normalized spacial score (nSPS) is 25.4. The van der Waals surface area contributed by atoms with Crippen LogP contribution in [0.3, 0.4) is 0 Å². The predicted molar refractivity (Wildman–Crippen MR) is 98.9 cm³/mol. The van der Waals surface area contributed by atoms with E-state index in [1.165, 1.54) is 29.4 Å². The molecule has 0 amide bonds. The van der Waals surface area contributed by atoms with Crippen molar-refractivity contribution in [3.8, 4) is 5.19 Å². The standard InChI is InChI=1S/C19H22N4OS/c1-13-10-25-18(21-13)24-12-19-6-16(19)9-23(11-19)8-14-3-4-17-15(5-14)7-20-22(17)2/h3-5,7,10,16H,6,8-9,11-12H2,1-2H3. The highest BCUT2D eigenvalue weighted by Crippen LogP contribution is 2.58. The molecule has 5 rings (SSSR count). The van der Waals surface area contributed by atoms with Crippen LogP contribution in [0.15, 0.2) is 29.8 Å². The van der Waals surface area contributed by atoms with Crippen molar-refractivity contribution in [2.75, 3.05) is 19.7 Å². The summed E-state index contributed by atoms with van der Waals surface area (Å²) in [6.45, 7) is 6.15. The summed E-state index contributed by atoms with van der Waals surface area (Å²) in [5.74, 6) is 0.788. The SMILES string of the molecule is Cc1csc(OCC23CC2CN(Cc2ccc4c(cnn4C)c2)C3)n1. The molecule has 1 aliphatic carbocycles. The number of nitrogens with zero attached hydrogens (tertiary/aromatic N) is 4. The summed E-state index contributed by atoms with van der Waals surface area (Å²) in [7, 11) is 1.99. The average Bonchev–Trinajstić information content (AvgIpc) is 2.94. The predicted octanol–water partition coefficient (Wildman–Crippen LogP) is 3.24. The second-order valence-electron chi connectivity index (χ2n) is 7.64. The van der Waals surface area contributed by atoms with E-state index >= 15 is 0 Å². The molecule has 2 fully saturated rings. The zero-order valence-corrected chi connectivity index (χ0v) is 15.4. The lowest BCUT2D eigenvalue weighted by Gasteiger charge is -2.20. The number of rotatable bonds is 5. The Balaban J connectivity index is 1.23. The van der Waals surface area contributed by atoms with Crippen LogP contribution in [0.4, 0.5) is 0 Å². The Morgan fingerprint density at radius 3 is 3.16 bits per heavy atom. The maximum absolute atomic E-state index is 5.98. The van der Waals surface area contributed by atoms with Crippen LogP contribution in [0, 0.1) is 18.3 Å². The van der Waals surface area contributed by atoms with E-state index in [4.69, 9.17) is 4.74 Å². The van der Waals surface area contributed by atoms with E-state index in [0.717, 1.165) is 36.5 Å². The maximum Gasteiger partial charge on any atom is 0.273 e. The molecule has 2 atom stereocenters. The van der Waals surface area contributed by atoms with Crippen molar-refractivity contribution < 1.29 is 4.74 Å². The zero-order chi connectivity index (χ0) is 17.0. The van der Waals surface area contributed by atoms with E-state index in [9.17, 15) is 0 Å². The highest BCUT2D eigenvalue weighted by molar-refractivity contribution is 7.11. The molecule has 3 heterocycles. The average molecular weight is 354 g/mol. The molecule has 2 unspecified atom stereocenters. The molecule has 1 aromatic carbocycles. The van der Waals surface area contributed by atoms with Gasteiger partial charge in [0, 0.05) is 42.9 Å². The monoisotopic (exact) mass is 354 g/mol. The van der Waals surface area contributed by atoms with Crippen molar-refractivity contribution in [3.05, 3.63) is 41.0 Å². The van der Waals surface area contributed by atoms with Gasteiger partial charge in [-0.15, -0.1) is 0 Å². The number of aromatic nitrogens is 3. The minimum atomic E-state index is 0.359. The Labute approximate surface area is 151 Å². The molecule has 3 aromatic rings. The Bertz CT molecular complexity index is 933. The first kappa shape index (κ1) is 15.3. The smallest absolute Gasteiger partial charge is 0.273 e. The van der Waals surface area contributed by atoms with E-state index in [2.05, 4.69) is 33.2 Å². The van der Waals surface area contributed by atoms with Gasteiger partial charge in [0.25, 0.3) is 5.19 Å². The van der Waals surface area contributed by atoms with Gasteiger partial charge in [-0.1, -0.05) is 17.4 Å². The maximum atomic E-state index is 5.98. The number of thiazole rings is 1. The fourth-order valence-electron chi connectivity index (χ4n) is 4.22. The Morgan fingerprint density at radius 1 is 1.40 bits per heavy atom. The lowest BCUT2D eigenvalue weighted by atomic mass is 10.1. The second kappa shape index (κ2) is 5.54. The fraction of sp³-hybridized carbons (Fsp3) is 0.474. The van der Waals surface area contributed by atoms with E-state index in [-0.39, 0.29) is 0 Å². The summed E-state index contributed by atoms with van der Waals surface area (Å²) >= 11 is 1.60. The van der Waals surface area contributed by atoms with E-state index in [1.54, 1.807) is 11.3 Å². The third kappa shape index (κ3) is 2.73. The van der Waals surface area contributed by atoms with Crippen LogP contribution in [0.5, 0.6) is 5.19 Å². The van der Waals surface area contributed by atoms with Crippen molar-refractivity contribution in [1.29, 1.82) is 0 Å². The molecule has 0 N–H and O–H groups in total. The third-order valence-corrected chi connectivity index (χ3v) is 6.54. The summed E-state index contributed by atoms with van der Waals surface area (Å²) in [4.78, 5) is 6.99. The lowest BCUT2D eigenvalue weighted by Crippen LogP contribution is -2.27. The Hall–Kier alpha value is -1.92. The van der Waals surface area contributed by atoms with Crippen LogP contribution >= 0.6 is 11.3 Å². The van der Waals surface area contributed by atoms with Gasteiger partial charge in [-0.05, 0) is 37.0 Å². The summed E-state index contributed by atoms with van der Waals surface area (Å²) < 4.78 is 7.91. The summed E-state index contributed by atoms with van der Waals surface area (Å²) in [6.07, 6.45) is 3.25. The van der Waals surface area contributed by atoms with E-state index < -0.39 is 0 Å². The lowest BCUT2D eigenvalue weighted by molar-refractivity contribution is 0.200. The molecule has 6 heteroatoms. The molecule has 25 heavy (non-hydrogen) atoms. The quantitative estimate of drug-likeness (QED) is 0.705. The van der Waals surface area contributed by atoms with Crippen molar-refractivity contribution in [3.63, 3.8) is 0 Å². The number of ether oxygens (including phenoxy) is 1. The topological polar surface area (TPSA) is 43.2 Å². The van der Waals surface area contributed by atoms with Gasteiger partial charge >= 0.3 is 0 Å². The molecule has 1 aliphatic heterocycles. The molecule has 1 saturated carbocycles. The Morgan fingerprint density at radius 2 is 2.32 bits per heavy atom. The van der Waals surface area contributed by atoms with Crippen LogP contribution in [-0.2, 0) is 13.6 Å². The number of benzene rings is 1. The van der Waals surface area contributed by atoms with Crippen LogP contribution < -0.4 is 4.74 Å². The highest BCUT2D eigenvalue weighted by Gasteiger charge is 2.60. The number of likely N-dealkylation sites (tertiary alicyclic amines) is 1. The molecule has 5 nitrogen and oxygen atoms in total. The van der Waals surface area contributed by atoms with Crippen LogP contribution in [0.1, 0.15) is 17.7 Å². The van der Waals surface area contributed by atoms with Crippen molar-refractivity contribution in [2.45, 2.75) is 19.9 Å². The molecule has 0 radical (unpaired) electrons. The Kier molecular flexibility index (Phi) is 3.40. The van der Waals surface area contributed by atoms with Gasteiger partial charge in [0.1, 0.15) is 0 Å². The fourth-order valence-corrected chi connectivity index (χ4v) is 4.87. The first-order valence-corrected chi connectivity index (χ1v) is 9.67.